The molecule has 0 aliphatic carbocycles. The molecule has 0 spiro atoms. The summed E-state index contributed by atoms with van der Waals surface area (Å²) >= 11 is 0. The molecule has 2 aromatic heterocycles. The fourth-order valence-corrected chi connectivity index (χ4v) is 2.05. The van der Waals surface area contributed by atoms with Crippen LogP contribution in [0.25, 0.3) is 11.3 Å². The highest BCUT2D eigenvalue weighted by molar-refractivity contribution is 5.61. The number of benzene rings is 1. The van der Waals surface area contributed by atoms with E-state index in [1.54, 1.807) is 6.33 Å². The molecule has 2 heterocycles. The van der Waals surface area contributed by atoms with Gasteiger partial charge in [0, 0.05) is 24.6 Å². The SMILES string of the molecule is Cn1cccc1CNc1ccc(-c2cnc[nH]2)cc1. The first kappa shape index (κ1) is 11.6. The van der Waals surface area contributed by atoms with E-state index >= 15 is 0 Å². The number of rotatable bonds is 4. The highest BCUT2D eigenvalue weighted by Crippen LogP contribution is 2.19. The summed E-state index contributed by atoms with van der Waals surface area (Å²) in [6.45, 7) is 0.826. The molecule has 4 heteroatoms. The van der Waals surface area contributed by atoms with Gasteiger partial charge in [0.2, 0.25) is 0 Å². The van der Waals surface area contributed by atoms with Gasteiger partial charge in [-0.25, -0.2) is 4.98 Å². The van der Waals surface area contributed by atoms with Gasteiger partial charge >= 0.3 is 0 Å². The van der Waals surface area contributed by atoms with E-state index in [-0.39, 0.29) is 0 Å². The Morgan fingerprint density at radius 1 is 1.21 bits per heavy atom. The Bertz CT molecular complexity index is 635. The summed E-state index contributed by atoms with van der Waals surface area (Å²) in [5.74, 6) is 0. The standard InChI is InChI=1S/C15H16N4/c1-19-8-2-3-14(19)9-17-13-6-4-12(5-7-13)15-10-16-11-18-15/h2-8,10-11,17H,9H2,1H3,(H,16,18). The molecule has 0 radical (unpaired) electrons. The van der Waals surface area contributed by atoms with Crippen molar-refractivity contribution < 1.29 is 0 Å². The molecule has 0 amide bonds. The monoisotopic (exact) mass is 252 g/mol. The molecule has 1 aromatic carbocycles. The van der Waals surface area contributed by atoms with E-state index in [1.165, 1.54) is 5.69 Å². The van der Waals surface area contributed by atoms with E-state index < -0.39 is 0 Å². The van der Waals surface area contributed by atoms with Gasteiger partial charge in [0.1, 0.15) is 0 Å². The van der Waals surface area contributed by atoms with Crippen LogP contribution in [-0.2, 0) is 13.6 Å². The van der Waals surface area contributed by atoms with Crippen molar-refractivity contribution in [2.75, 3.05) is 5.32 Å². The van der Waals surface area contributed by atoms with E-state index in [1.807, 2.05) is 6.20 Å². The first-order valence-corrected chi connectivity index (χ1v) is 6.26. The van der Waals surface area contributed by atoms with Gasteiger partial charge in [-0.2, -0.15) is 0 Å². The number of aromatic amines is 1. The second-order valence-corrected chi connectivity index (χ2v) is 4.51. The summed E-state index contributed by atoms with van der Waals surface area (Å²) in [5, 5.41) is 3.41. The van der Waals surface area contributed by atoms with E-state index in [0.29, 0.717) is 0 Å². The number of H-pyrrole nitrogens is 1. The summed E-state index contributed by atoms with van der Waals surface area (Å²) in [6.07, 6.45) is 5.57. The van der Waals surface area contributed by atoms with Crippen LogP contribution in [0.4, 0.5) is 5.69 Å². The fourth-order valence-electron chi connectivity index (χ4n) is 2.05. The van der Waals surface area contributed by atoms with Crippen molar-refractivity contribution in [1.29, 1.82) is 0 Å². The Morgan fingerprint density at radius 2 is 2.05 bits per heavy atom. The molecule has 0 saturated heterocycles. The Labute approximate surface area is 112 Å². The van der Waals surface area contributed by atoms with Crippen molar-refractivity contribution >= 4 is 5.69 Å². The van der Waals surface area contributed by atoms with Crippen molar-refractivity contribution in [3.8, 4) is 11.3 Å². The van der Waals surface area contributed by atoms with E-state index in [0.717, 1.165) is 23.5 Å². The highest BCUT2D eigenvalue weighted by Gasteiger charge is 2.00. The average molecular weight is 252 g/mol. The maximum atomic E-state index is 4.03. The van der Waals surface area contributed by atoms with Crippen LogP contribution in [0.1, 0.15) is 5.69 Å². The molecule has 3 rings (SSSR count). The normalized spacial score (nSPS) is 10.6. The van der Waals surface area contributed by atoms with Crippen LogP contribution in [0.5, 0.6) is 0 Å². The second-order valence-electron chi connectivity index (χ2n) is 4.51. The Balaban J connectivity index is 1.68. The number of anilines is 1. The number of aromatic nitrogens is 3. The topological polar surface area (TPSA) is 45.6 Å². The number of imidazole rings is 1. The Kier molecular flexibility index (Phi) is 3.06. The van der Waals surface area contributed by atoms with Crippen LogP contribution in [0, 0.1) is 0 Å². The number of nitrogens with zero attached hydrogens (tertiary/aromatic N) is 2. The number of hydrogen-bond donors (Lipinski definition) is 2. The van der Waals surface area contributed by atoms with Crippen LogP contribution in [0.15, 0.2) is 55.1 Å². The quantitative estimate of drug-likeness (QED) is 0.749. The maximum absolute atomic E-state index is 4.03. The minimum absolute atomic E-state index is 0.826. The van der Waals surface area contributed by atoms with Crippen LogP contribution in [0.2, 0.25) is 0 Å². The maximum Gasteiger partial charge on any atom is 0.0924 e. The largest absolute Gasteiger partial charge is 0.379 e. The summed E-state index contributed by atoms with van der Waals surface area (Å²) in [7, 11) is 2.05. The van der Waals surface area contributed by atoms with Crippen molar-refractivity contribution in [2.24, 2.45) is 7.05 Å². The van der Waals surface area contributed by atoms with Crippen LogP contribution >= 0.6 is 0 Å². The average Bonchev–Trinajstić information content (AvgIpc) is 3.09. The third kappa shape index (κ3) is 2.52. The fraction of sp³-hybridized carbons (Fsp3) is 0.133. The van der Waals surface area contributed by atoms with E-state index in [9.17, 15) is 0 Å². The van der Waals surface area contributed by atoms with Gasteiger partial charge in [0.15, 0.2) is 0 Å². The lowest BCUT2D eigenvalue weighted by Gasteiger charge is -2.08. The Morgan fingerprint density at radius 3 is 2.68 bits per heavy atom. The summed E-state index contributed by atoms with van der Waals surface area (Å²) in [6, 6.07) is 12.5. The third-order valence-corrected chi connectivity index (χ3v) is 3.22. The molecule has 0 atom stereocenters. The smallest absolute Gasteiger partial charge is 0.0924 e. The summed E-state index contributed by atoms with van der Waals surface area (Å²) in [4.78, 5) is 7.13. The van der Waals surface area contributed by atoms with E-state index in [2.05, 4.69) is 69.5 Å². The van der Waals surface area contributed by atoms with Gasteiger partial charge in [0.05, 0.1) is 24.8 Å². The van der Waals surface area contributed by atoms with Gasteiger partial charge in [-0.15, -0.1) is 0 Å². The lowest BCUT2D eigenvalue weighted by molar-refractivity contribution is 0.842. The van der Waals surface area contributed by atoms with Crippen LogP contribution in [0.3, 0.4) is 0 Å². The highest BCUT2D eigenvalue weighted by atomic mass is 15.0. The molecular weight excluding hydrogens is 236 g/mol. The minimum atomic E-state index is 0.826. The van der Waals surface area contributed by atoms with Crippen molar-refractivity contribution in [3.63, 3.8) is 0 Å². The van der Waals surface area contributed by atoms with E-state index in [4.69, 9.17) is 0 Å². The van der Waals surface area contributed by atoms with Crippen molar-refractivity contribution in [2.45, 2.75) is 6.54 Å². The van der Waals surface area contributed by atoms with Gasteiger partial charge < -0.3 is 14.9 Å². The first-order valence-electron chi connectivity index (χ1n) is 6.26. The lowest BCUT2D eigenvalue weighted by Crippen LogP contribution is -2.03. The van der Waals surface area contributed by atoms with Gasteiger partial charge in [0.25, 0.3) is 0 Å². The number of aryl methyl sites for hydroxylation is 1. The van der Waals surface area contributed by atoms with Gasteiger partial charge in [-0.05, 0) is 29.8 Å². The first-order chi connectivity index (χ1) is 9.33. The predicted molar refractivity (Wildman–Crippen MR) is 76.8 cm³/mol. The zero-order valence-electron chi connectivity index (χ0n) is 10.8. The number of nitrogens with one attached hydrogen (secondary N) is 2. The molecule has 0 saturated carbocycles. The third-order valence-electron chi connectivity index (χ3n) is 3.22. The molecule has 3 aromatic rings. The molecule has 19 heavy (non-hydrogen) atoms. The van der Waals surface area contributed by atoms with Gasteiger partial charge in [-0.1, -0.05) is 12.1 Å². The molecule has 0 aliphatic heterocycles. The molecule has 0 bridgehead atoms. The molecule has 0 aliphatic rings. The Hall–Kier alpha value is -2.49. The summed E-state index contributed by atoms with van der Waals surface area (Å²) in [5.41, 5.74) is 4.55. The molecule has 0 fully saturated rings. The molecular formula is C15H16N4. The molecule has 2 N–H and O–H groups in total. The molecule has 0 unspecified atom stereocenters. The second kappa shape index (κ2) is 5.02. The lowest BCUT2D eigenvalue weighted by atomic mass is 10.1. The molecule has 96 valence electrons. The number of hydrogen-bond acceptors (Lipinski definition) is 2. The summed E-state index contributed by atoms with van der Waals surface area (Å²) < 4.78 is 2.12. The van der Waals surface area contributed by atoms with Crippen molar-refractivity contribution in [1.82, 2.24) is 14.5 Å². The van der Waals surface area contributed by atoms with Gasteiger partial charge in [-0.3, -0.25) is 0 Å². The van der Waals surface area contributed by atoms with Crippen LogP contribution < -0.4 is 5.32 Å². The zero-order chi connectivity index (χ0) is 13.1. The zero-order valence-corrected chi connectivity index (χ0v) is 10.8. The molecule has 4 nitrogen and oxygen atoms in total. The van der Waals surface area contributed by atoms with Crippen LogP contribution in [-0.4, -0.2) is 14.5 Å². The van der Waals surface area contributed by atoms with Crippen molar-refractivity contribution in [3.05, 3.63) is 60.8 Å². The minimum Gasteiger partial charge on any atom is -0.379 e. The predicted octanol–water partition coefficient (Wildman–Crippen LogP) is 3.03.